The van der Waals surface area contributed by atoms with Crippen LogP contribution in [0.5, 0.6) is 11.5 Å². The molecule has 5 heteroatoms. The Morgan fingerprint density at radius 1 is 0.810 bits per heavy atom. The van der Waals surface area contributed by atoms with Gasteiger partial charge < -0.3 is 9.31 Å². The number of halogens is 2. The first-order valence-electron chi connectivity index (χ1n) is 6.96. The Morgan fingerprint density at radius 2 is 1.24 bits per heavy atom. The number of hydrogen-bond acceptors (Lipinski definition) is 2. The molecule has 0 aromatic heterocycles. The van der Waals surface area contributed by atoms with Crippen LogP contribution in [0.4, 0.5) is 0 Å². The molecular formula is C16H17BBr2O2. The molecule has 0 saturated carbocycles. The smallest absolute Gasteiger partial charge is 0.528 e. The monoisotopic (exact) mass is 410 g/mol. The van der Waals surface area contributed by atoms with Gasteiger partial charge in [0.15, 0.2) is 0 Å². The number of hydrogen-bond donors (Lipinski definition) is 0. The summed E-state index contributed by atoms with van der Waals surface area (Å²) in [6, 6.07) is 12.0. The molecule has 2 aromatic rings. The molecule has 0 saturated heterocycles. The molecule has 110 valence electrons. The first-order valence-corrected chi connectivity index (χ1v) is 8.55. The molecule has 2 nitrogen and oxygen atoms in total. The molecule has 2 rings (SSSR count). The zero-order valence-corrected chi connectivity index (χ0v) is 15.3. The summed E-state index contributed by atoms with van der Waals surface area (Å²) in [4.78, 5) is 0. The Balaban J connectivity index is 2.02. The van der Waals surface area contributed by atoms with Crippen LogP contribution in [0.1, 0.15) is 25.0 Å². The Hall–Kier alpha value is -0.935. The summed E-state index contributed by atoms with van der Waals surface area (Å²) >= 11 is 6.95. The fourth-order valence-electron chi connectivity index (χ4n) is 2.09. The van der Waals surface area contributed by atoms with Gasteiger partial charge in [0, 0.05) is 8.95 Å². The number of aryl methyl sites for hydroxylation is 2. The van der Waals surface area contributed by atoms with Crippen molar-refractivity contribution in [3.63, 3.8) is 0 Å². The lowest BCUT2D eigenvalue weighted by Crippen LogP contribution is -2.13. The van der Waals surface area contributed by atoms with Gasteiger partial charge in [0.1, 0.15) is 11.5 Å². The Morgan fingerprint density at radius 3 is 1.62 bits per heavy atom. The molecular weight excluding hydrogens is 395 g/mol. The second-order valence-corrected chi connectivity index (χ2v) is 6.45. The molecule has 0 radical (unpaired) electrons. The molecule has 21 heavy (non-hydrogen) atoms. The number of benzene rings is 2. The summed E-state index contributed by atoms with van der Waals surface area (Å²) in [5.74, 6) is 1.74. The zero-order valence-electron chi connectivity index (χ0n) is 12.2. The summed E-state index contributed by atoms with van der Waals surface area (Å²) in [7, 11) is 0.212. The van der Waals surface area contributed by atoms with Gasteiger partial charge in [0.25, 0.3) is 0 Å². The van der Waals surface area contributed by atoms with E-state index in [0.717, 1.165) is 33.3 Å². The maximum atomic E-state index is 5.76. The van der Waals surface area contributed by atoms with Crippen LogP contribution in [0.15, 0.2) is 45.3 Å². The van der Waals surface area contributed by atoms with Crippen molar-refractivity contribution in [3.05, 3.63) is 56.5 Å². The summed E-state index contributed by atoms with van der Waals surface area (Å²) in [6.45, 7) is 4.22. The van der Waals surface area contributed by atoms with Crippen LogP contribution in [0.25, 0.3) is 0 Å². The fourth-order valence-corrected chi connectivity index (χ4v) is 2.90. The van der Waals surface area contributed by atoms with Gasteiger partial charge in [-0.15, -0.1) is 0 Å². The Bertz CT molecular complexity index is 564. The van der Waals surface area contributed by atoms with Gasteiger partial charge in [-0.05, 0) is 60.4 Å². The van der Waals surface area contributed by atoms with E-state index in [9.17, 15) is 0 Å². The predicted octanol–water partition coefficient (Wildman–Crippen LogP) is 5.06. The first kappa shape index (κ1) is 16.4. The fraction of sp³-hybridized carbons (Fsp3) is 0.250. The van der Waals surface area contributed by atoms with Crippen molar-refractivity contribution in [1.82, 2.24) is 0 Å². The molecule has 0 amide bonds. The largest absolute Gasteiger partial charge is 0.576 e. The standard InChI is InChI=1S/C16H17BBr2O2/c1-3-11-9-13(18)5-7-15(11)20-17-21-16-8-6-14(19)10-12(16)4-2/h5-10,17H,3-4H2,1-2H3. The predicted molar refractivity (Wildman–Crippen MR) is 95.4 cm³/mol. The van der Waals surface area contributed by atoms with E-state index in [-0.39, 0.29) is 7.69 Å². The highest BCUT2D eigenvalue weighted by Crippen LogP contribution is 2.25. The summed E-state index contributed by atoms with van der Waals surface area (Å²) < 4.78 is 13.7. The Kier molecular flexibility index (Phi) is 6.18. The van der Waals surface area contributed by atoms with Crippen molar-refractivity contribution in [2.24, 2.45) is 0 Å². The molecule has 0 aliphatic rings. The van der Waals surface area contributed by atoms with Crippen molar-refractivity contribution in [1.29, 1.82) is 0 Å². The van der Waals surface area contributed by atoms with Gasteiger partial charge in [-0.1, -0.05) is 45.7 Å². The van der Waals surface area contributed by atoms with Crippen molar-refractivity contribution < 1.29 is 9.31 Å². The minimum absolute atomic E-state index is 0.212. The van der Waals surface area contributed by atoms with Crippen molar-refractivity contribution >= 4 is 39.5 Å². The molecule has 0 heterocycles. The van der Waals surface area contributed by atoms with Gasteiger partial charge in [0.05, 0.1) is 0 Å². The highest BCUT2D eigenvalue weighted by Gasteiger charge is 2.07. The molecule has 0 aliphatic heterocycles. The van der Waals surface area contributed by atoms with Crippen LogP contribution >= 0.6 is 31.9 Å². The molecule has 0 bridgehead atoms. The maximum absolute atomic E-state index is 5.76. The van der Waals surface area contributed by atoms with Crippen molar-refractivity contribution in [2.75, 3.05) is 0 Å². The van der Waals surface area contributed by atoms with E-state index in [2.05, 4.69) is 57.8 Å². The maximum Gasteiger partial charge on any atom is 0.576 e. The van der Waals surface area contributed by atoms with E-state index in [0.29, 0.717) is 0 Å². The highest BCUT2D eigenvalue weighted by molar-refractivity contribution is 9.10. The van der Waals surface area contributed by atoms with Crippen LogP contribution in [-0.2, 0) is 12.8 Å². The van der Waals surface area contributed by atoms with Crippen LogP contribution in [-0.4, -0.2) is 7.69 Å². The van der Waals surface area contributed by atoms with E-state index in [1.807, 2.05) is 24.3 Å². The van der Waals surface area contributed by atoms with Crippen LogP contribution in [0.3, 0.4) is 0 Å². The van der Waals surface area contributed by atoms with E-state index in [4.69, 9.17) is 9.31 Å². The van der Waals surface area contributed by atoms with Gasteiger partial charge in [-0.2, -0.15) is 0 Å². The third-order valence-corrected chi connectivity index (χ3v) is 4.22. The molecule has 0 N–H and O–H groups in total. The van der Waals surface area contributed by atoms with Crippen LogP contribution in [0.2, 0.25) is 0 Å². The van der Waals surface area contributed by atoms with E-state index < -0.39 is 0 Å². The molecule has 0 fully saturated rings. The summed E-state index contributed by atoms with van der Waals surface area (Å²) in [5.41, 5.74) is 2.33. The molecule has 0 atom stereocenters. The van der Waals surface area contributed by atoms with Crippen LogP contribution < -0.4 is 9.31 Å². The second-order valence-electron chi connectivity index (χ2n) is 4.62. The Labute approximate surface area is 143 Å². The van der Waals surface area contributed by atoms with Gasteiger partial charge in [-0.3, -0.25) is 0 Å². The minimum atomic E-state index is 0.212. The average Bonchev–Trinajstić information content (AvgIpc) is 2.49. The molecule has 0 spiro atoms. The number of rotatable bonds is 6. The second kappa shape index (κ2) is 7.90. The zero-order chi connectivity index (χ0) is 15.2. The van der Waals surface area contributed by atoms with Crippen molar-refractivity contribution in [3.8, 4) is 11.5 Å². The lowest BCUT2D eigenvalue weighted by atomic mass is 10.1. The first-order chi connectivity index (χ1) is 10.1. The van der Waals surface area contributed by atoms with E-state index in [1.54, 1.807) is 0 Å². The summed E-state index contributed by atoms with van der Waals surface area (Å²) in [5, 5.41) is 0. The van der Waals surface area contributed by atoms with E-state index >= 15 is 0 Å². The molecule has 0 unspecified atom stereocenters. The molecule has 0 aliphatic carbocycles. The van der Waals surface area contributed by atoms with Gasteiger partial charge >= 0.3 is 7.69 Å². The third-order valence-electron chi connectivity index (χ3n) is 3.24. The topological polar surface area (TPSA) is 18.5 Å². The quantitative estimate of drug-likeness (QED) is 0.618. The SMILES string of the molecule is CCc1cc(Br)ccc1OBOc1ccc(Br)cc1CC. The normalized spacial score (nSPS) is 10.3. The minimum Gasteiger partial charge on any atom is -0.528 e. The van der Waals surface area contributed by atoms with Crippen LogP contribution in [0, 0.1) is 0 Å². The van der Waals surface area contributed by atoms with Gasteiger partial charge in [0.2, 0.25) is 0 Å². The lowest BCUT2D eigenvalue weighted by molar-refractivity contribution is 0.453. The average molecular weight is 412 g/mol. The van der Waals surface area contributed by atoms with Crippen molar-refractivity contribution in [2.45, 2.75) is 26.7 Å². The molecule has 2 aromatic carbocycles. The van der Waals surface area contributed by atoms with Gasteiger partial charge in [-0.25, -0.2) is 0 Å². The summed E-state index contributed by atoms with van der Waals surface area (Å²) in [6.07, 6.45) is 1.85. The third kappa shape index (κ3) is 4.52. The highest BCUT2D eigenvalue weighted by atomic mass is 79.9. The van der Waals surface area contributed by atoms with E-state index in [1.165, 1.54) is 11.1 Å². The lowest BCUT2D eigenvalue weighted by Gasteiger charge is -2.13.